The molecule has 3 aliphatic heterocycles. The molecule has 5 nitrogen and oxygen atoms in total. The number of carbonyl (C=O) groups is 2. The molecule has 3 heterocycles. The smallest absolute Gasteiger partial charge is 0.246 e. The lowest BCUT2D eigenvalue weighted by Crippen LogP contribution is -2.42. The molecule has 4 aromatic rings. The molecular weight excluding hydrogens is 486 g/mol. The Labute approximate surface area is 228 Å². The Kier molecular flexibility index (Phi) is 5.37. The fourth-order valence-electron chi connectivity index (χ4n) is 6.30. The van der Waals surface area contributed by atoms with Crippen molar-refractivity contribution < 1.29 is 19.1 Å². The number of ketones is 1. The van der Waals surface area contributed by atoms with Crippen molar-refractivity contribution in [2.45, 2.75) is 38.6 Å². The van der Waals surface area contributed by atoms with E-state index in [4.69, 9.17) is 9.47 Å². The van der Waals surface area contributed by atoms with Crippen molar-refractivity contribution in [1.82, 2.24) is 0 Å². The molecule has 0 fully saturated rings. The van der Waals surface area contributed by atoms with Crippen molar-refractivity contribution in [3.63, 3.8) is 0 Å². The number of fused-ring (bicyclic) bond motifs is 5. The maximum atomic E-state index is 14.2. The molecule has 0 N–H and O–H groups in total. The number of benzene rings is 4. The number of amides is 1. The first-order chi connectivity index (χ1) is 18.9. The molecule has 0 aromatic heterocycles. The van der Waals surface area contributed by atoms with Gasteiger partial charge in [-0.05, 0) is 53.8 Å². The van der Waals surface area contributed by atoms with Gasteiger partial charge in [0, 0.05) is 35.7 Å². The summed E-state index contributed by atoms with van der Waals surface area (Å²) in [6, 6.07) is 25.9. The predicted octanol–water partition coefficient (Wildman–Crippen LogP) is 5.89. The molecule has 3 aliphatic rings. The molecular formula is C34H29NO4. The number of carbonyl (C=O) groups excluding carboxylic acids is 2. The molecule has 1 amide bonds. The molecule has 0 saturated carbocycles. The topological polar surface area (TPSA) is 55.8 Å². The van der Waals surface area contributed by atoms with Crippen molar-refractivity contribution in [2.24, 2.45) is 0 Å². The second-order valence-electron chi connectivity index (χ2n) is 10.9. The van der Waals surface area contributed by atoms with Crippen LogP contribution in [0.1, 0.15) is 49.3 Å². The third-order valence-electron chi connectivity index (χ3n) is 8.43. The molecule has 0 radical (unpaired) electrons. The van der Waals surface area contributed by atoms with Crippen LogP contribution in [-0.4, -0.2) is 24.9 Å². The first-order valence-electron chi connectivity index (χ1n) is 13.5. The molecule has 1 atom stereocenters. The summed E-state index contributed by atoms with van der Waals surface area (Å²) in [5, 5.41) is 0. The van der Waals surface area contributed by atoms with Crippen molar-refractivity contribution in [3.05, 3.63) is 123 Å². The highest BCUT2D eigenvalue weighted by atomic mass is 16.5. The van der Waals surface area contributed by atoms with Crippen LogP contribution in [-0.2, 0) is 29.6 Å². The Hall–Kier alpha value is -4.38. The van der Waals surface area contributed by atoms with Crippen LogP contribution in [0, 0.1) is 13.8 Å². The highest BCUT2D eigenvalue weighted by molar-refractivity contribution is 6.11. The first-order valence-corrected chi connectivity index (χ1v) is 13.5. The quantitative estimate of drug-likeness (QED) is 0.311. The van der Waals surface area contributed by atoms with Gasteiger partial charge in [-0.1, -0.05) is 66.2 Å². The van der Waals surface area contributed by atoms with E-state index in [-0.39, 0.29) is 18.3 Å². The Morgan fingerprint density at radius 1 is 0.897 bits per heavy atom. The van der Waals surface area contributed by atoms with Gasteiger partial charge in [-0.15, -0.1) is 0 Å². The summed E-state index contributed by atoms with van der Waals surface area (Å²) >= 11 is 0. The number of rotatable bonds is 5. The lowest BCUT2D eigenvalue weighted by atomic mass is 9.76. The molecule has 194 valence electrons. The molecule has 0 bridgehead atoms. The van der Waals surface area contributed by atoms with Crippen LogP contribution in [0.3, 0.4) is 0 Å². The number of Topliss-reactive ketones (excluding diaryl/α,β-unsaturated/α-hetero) is 1. The van der Waals surface area contributed by atoms with Crippen LogP contribution in [0.2, 0.25) is 0 Å². The standard InChI is InChI=1S/C34H29NO4/c1-21-7-10-25(22(2)15-21)17-30(36)24-11-8-23(9-12-24)19-35-29-6-4-3-5-27(29)34(33(35)37)20-39-32-18-31-26(13-14-38-31)16-28(32)34/h3-12,15-16,18H,13-14,17,19-20H2,1-2H3. The minimum Gasteiger partial charge on any atom is -0.493 e. The Bertz CT molecular complexity index is 1650. The fraction of sp³-hybridized carbons (Fsp3) is 0.235. The summed E-state index contributed by atoms with van der Waals surface area (Å²) in [4.78, 5) is 29.1. The van der Waals surface area contributed by atoms with Gasteiger partial charge < -0.3 is 14.4 Å². The van der Waals surface area contributed by atoms with E-state index in [2.05, 4.69) is 19.1 Å². The van der Waals surface area contributed by atoms with Crippen molar-refractivity contribution >= 4 is 17.4 Å². The second kappa shape index (κ2) is 8.84. The predicted molar refractivity (Wildman–Crippen MR) is 150 cm³/mol. The summed E-state index contributed by atoms with van der Waals surface area (Å²) < 4.78 is 11.9. The zero-order valence-corrected chi connectivity index (χ0v) is 22.1. The van der Waals surface area contributed by atoms with Gasteiger partial charge in [-0.2, -0.15) is 0 Å². The number of nitrogens with zero attached hydrogens (tertiary/aromatic N) is 1. The molecule has 0 saturated heterocycles. The van der Waals surface area contributed by atoms with Crippen molar-refractivity contribution in [1.29, 1.82) is 0 Å². The molecule has 1 spiro atoms. The average Bonchev–Trinajstić information content (AvgIpc) is 3.62. The van der Waals surface area contributed by atoms with Crippen molar-refractivity contribution in [3.8, 4) is 11.5 Å². The van der Waals surface area contributed by atoms with Crippen LogP contribution in [0.5, 0.6) is 11.5 Å². The fourth-order valence-corrected chi connectivity index (χ4v) is 6.30. The molecule has 7 rings (SSSR count). The van der Waals surface area contributed by atoms with Gasteiger partial charge in [0.15, 0.2) is 5.78 Å². The average molecular weight is 516 g/mol. The molecule has 5 heteroatoms. The van der Waals surface area contributed by atoms with Crippen LogP contribution in [0.4, 0.5) is 5.69 Å². The first kappa shape index (κ1) is 23.7. The maximum absolute atomic E-state index is 14.2. The van der Waals surface area contributed by atoms with E-state index >= 15 is 0 Å². The Morgan fingerprint density at radius 2 is 1.72 bits per heavy atom. The maximum Gasteiger partial charge on any atom is 0.246 e. The van der Waals surface area contributed by atoms with Gasteiger partial charge in [-0.3, -0.25) is 9.59 Å². The van der Waals surface area contributed by atoms with E-state index < -0.39 is 5.41 Å². The van der Waals surface area contributed by atoms with Gasteiger partial charge in [0.05, 0.1) is 13.2 Å². The minimum atomic E-state index is -0.856. The van der Waals surface area contributed by atoms with Gasteiger partial charge in [0.1, 0.15) is 23.5 Å². The second-order valence-corrected chi connectivity index (χ2v) is 10.9. The van der Waals surface area contributed by atoms with E-state index in [0.29, 0.717) is 25.1 Å². The third-order valence-corrected chi connectivity index (χ3v) is 8.43. The highest BCUT2D eigenvalue weighted by Crippen LogP contribution is 2.54. The summed E-state index contributed by atoms with van der Waals surface area (Å²) in [5.41, 5.74) is 8.12. The minimum absolute atomic E-state index is 0.0244. The van der Waals surface area contributed by atoms with Crippen LogP contribution >= 0.6 is 0 Å². The number of hydrogen-bond acceptors (Lipinski definition) is 4. The van der Waals surface area contributed by atoms with Gasteiger partial charge in [-0.25, -0.2) is 0 Å². The zero-order valence-electron chi connectivity index (χ0n) is 22.1. The van der Waals surface area contributed by atoms with E-state index in [9.17, 15) is 9.59 Å². The van der Waals surface area contributed by atoms with Crippen LogP contribution < -0.4 is 14.4 Å². The Balaban J connectivity index is 1.16. The normalized spacial score (nSPS) is 18.5. The number of hydrogen-bond donors (Lipinski definition) is 0. The molecule has 0 aliphatic carbocycles. The van der Waals surface area contributed by atoms with E-state index in [0.717, 1.165) is 57.0 Å². The van der Waals surface area contributed by atoms with Crippen LogP contribution in [0.15, 0.2) is 78.9 Å². The summed E-state index contributed by atoms with van der Waals surface area (Å²) in [5.74, 6) is 1.70. The van der Waals surface area contributed by atoms with E-state index in [1.807, 2.05) is 78.6 Å². The van der Waals surface area contributed by atoms with Gasteiger partial charge in [0.25, 0.3) is 0 Å². The third kappa shape index (κ3) is 3.68. The van der Waals surface area contributed by atoms with Crippen molar-refractivity contribution in [2.75, 3.05) is 18.1 Å². The van der Waals surface area contributed by atoms with E-state index in [1.165, 1.54) is 5.56 Å². The molecule has 39 heavy (non-hydrogen) atoms. The lowest BCUT2D eigenvalue weighted by molar-refractivity contribution is -0.122. The number of anilines is 1. The highest BCUT2D eigenvalue weighted by Gasteiger charge is 2.57. The van der Waals surface area contributed by atoms with Gasteiger partial charge >= 0.3 is 0 Å². The van der Waals surface area contributed by atoms with Gasteiger partial charge in [0.2, 0.25) is 5.91 Å². The largest absolute Gasteiger partial charge is 0.493 e. The summed E-state index contributed by atoms with van der Waals surface area (Å²) in [6.45, 7) is 5.47. The molecule has 4 aromatic carbocycles. The lowest BCUT2D eigenvalue weighted by Gasteiger charge is -2.23. The van der Waals surface area contributed by atoms with E-state index in [1.54, 1.807) is 0 Å². The number of para-hydroxylation sites is 1. The zero-order chi connectivity index (χ0) is 26.7. The monoisotopic (exact) mass is 515 g/mol. The summed E-state index contributed by atoms with van der Waals surface area (Å²) in [6.07, 6.45) is 1.22. The number of ether oxygens (including phenoxy) is 2. The number of aryl methyl sites for hydroxylation is 2. The Morgan fingerprint density at radius 3 is 2.54 bits per heavy atom. The molecule has 1 unspecified atom stereocenters. The SMILES string of the molecule is Cc1ccc(CC(=O)c2ccc(CN3C(=O)C4(COc5cc6c(cc54)CCO6)c4ccccc43)cc2)c(C)c1. The summed E-state index contributed by atoms with van der Waals surface area (Å²) in [7, 11) is 0. The van der Waals surface area contributed by atoms with Crippen LogP contribution in [0.25, 0.3) is 0 Å².